The van der Waals surface area contributed by atoms with Gasteiger partial charge in [0.1, 0.15) is 5.75 Å². The molecule has 0 bridgehead atoms. The van der Waals surface area contributed by atoms with E-state index in [2.05, 4.69) is 31.7 Å². The number of nitrogens with one attached hydrogen (secondary N) is 2. The normalized spacial score (nSPS) is 13.3. The van der Waals surface area contributed by atoms with Crippen LogP contribution in [0, 0.1) is 12.7 Å². The van der Waals surface area contributed by atoms with Gasteiger partial charge in [0.2, 0.25) is 0 Å². The highest BCUT2D eigenvalue weighted by Gasteiger charge is 2.14. The third-order valence-corrected chi connectivity index (χ3v) is 6.19. The average molecular weight is 501 g/mol. The van der Waals surface area contributed by atoms with Crippen molar-refractivity contribution in [2.45, 2.75) is 26.2 Å². The van der Waals surface area contributed by atoms with E-state index in [4.69, 9.17) is 4.74 Å². The van der Waals surface area contributed by atoms with Gasteiger partial charge in [-0.05, 0) is 68.1 Å². The zero-order valence-electron chi connectivity index (χ0n) is 20.9. The summed E-state index contributed by atoms with van der Waals surface area (Å²) in [5, 5.41) is 9.70. The molecule has 0 unspecified atom stereocenters. The molecule has 5 rings (SSSR count). The molecular formula is C28H29FN6O2. The summed E-state index contributed by atoms with van der Waals surface area (Å²) in [5.41, 5.74) is 4.67. The summed E-state index contributed by atoms with van der Waals surface area (Å²) in [7, 11) is 1.82. The van der Waals surface area contributed by atoms with Crippen LogP contribution < -0.4 is 20.3 Å². The number of carbonyl (C=O) groups excluding carboxylic acids is 1. The number of halogens is 1. The van der Waals surface area contributed by atoms with Crippen molar-refractivity contribution in [1.29, 1.82) is 0 Å². The van der Waals surface area contributed by atoms with Crippen LogP contribution in [-0.2, 0) is 7.05 Å². The van der Waals surface area contributed by atoms with Crippen LogP contribution >= 0.6 is 0 Å². The number of nitrogens with zero attached hydrogens (tertiary/aromatic N) is 4. The van der Waals surface area contributed by atoms with Gasteiger partial charge in [0.25, 0.3) is 0 Å². The Bertz CT molecular complexity index is 1410. The summed E-state index contributed by atoms with van der Waals surface area (Å²) in [5.74, 6) is -0.116. The van der Waals surface area contributed by atoms with Crippen LogP contribution in [0.2, 0.25) is 0 Å². The van der Waals surface area contributed by atoms with Crippen LogP contribution in [0.25, 0.3) is 11.3 Å². The Balaban J connectivity index is 1.23. The number of benzene rings is 2. The predicted octanol–water partition coefficient (Wildman–Crippen LogP) is 6.36. The molecule has 3 heterocycles. The number of aromatic nitrogens is 3. The second-order valence-electron chi connectivity index (χ2n) is 9.21. The van der Waals surface area contributed by atoms with E-state index in [1.54, 1.807) is 35.3 Å². The van der Waals surface area contributed by atoms with Gasteiger partial charge < -0.3 is 20.3 Å². The molecule has 190 valence electrons. The third-order valence-electron chi connectivity index (χ3n) is 6.19. The number of aryl methyl sites for hydroxylation is 2. The average Bonchev–Trinajstić information content (AvgIpc) is 3.32. The highest BCUT2D eigenvalue weighted by Crippen LogP contribution is 2.29. The maximum Gasteiger partial charge on any atom is 0.323 e. The smallest absolute Gasteiger partial charge is 0.323 e. The number of anilines is 3. The molecule has 2 aromatic carbocycles. The molecule has 37 heavy (non-hydrogen) atoms. The topological polar surface area (TPSA) is 84.3 Å². The molecule has 0 aliphatic carbocycles. The Morgan fingerprint density at radius 1 is 1.00 bits per heavy atom. The lowest BCUT2D eigenvalue weighted by molar-refractivity contribution is 0.262. The molecule has 1 fully saturated rings. The number of carbonyl (C=O) groups is 1. The highest BCUT2D eigenvalue weighted by atomic mass is 19.1. The Morgan fingerprint density at radius 3 is 2.57 bits per heavy atom. The summed E-state index contributed by atoms with van der Waals surface area (Å²) in [4.78, 5) is 19.3. The van der Waals surface area contributed by atoms with Gasteiger partial charge in [0.15, 0.2) is 11.6 Å². The molecule has 2 aromatic heterocycles. The van der Waals surface area contributed by atoms with Crippen molar-refractivity contribution in [3.8, 4) is 22.8 Å². The molecule has 1 aliphatic rings. The molecule has 0 spiro atoms. The molecule has 0 saturated carbocycles. The molecule has 4 aromatic rings. The number of pyridine rings is 1. The van der Waals surface area contributed by atoms with E-state index in [9.17, 15) is 9.18 Å². The summed E-state index contributed by atoms with van der Waals surface area (Å²) in [6.07, 6.45) is 8.74. The fourth-order valence-electron chi connectivity index (χ4n) is 4.44. The van der Waals surface area contributed by atoms with Gasteiger partial charge in [-0.1, -0.05) is 0 Å². The Hall–Kier alpha value is -4.40. The van der Waals surface area contributed by atoms with E-state index in [1.807, 2.05) is 32.3 Å². The van der Waals surface area contributed by atoms with Gasteiger partial charge in [0.05, 0.1) is 11.9 Å². The largest absolute Gasteiger partial charge is 0.454 e. The first-order valence-electron chi connectivity index (χ1n) is 12.3. The zero-order valence-corrected chi connectivity index (χ0v) is 20.9. The molecule has 2 N–H and O–H groups in total. The van der Waals surface area contributed by atoms with Crippen molar-refractivity contribution >= 4 is 23.1 Å². The lowest BCUT2D eigenvalue weighted by Crippen LogP contribution is -2.29. The van der Waals surface area contributed by atoms with Crippen molar-refractivity contribution in [1.82, 2.24) is 14.8 Å². The number of amides is 2. The Morgan fingerprint density at radius 2 is 1.81 bits per heavy atom. The lowest BCUT2D eigenvalue weighted by atomic mass is 10.1. The molecular weight excluding hydrogens is 471 g/mol. The van der Waals surface area contributed by atoms with Crippen molar-refractivity contribution in [3.05, 3.63) is 78.5 Å². The van der Waals surface area contributed by atoms with Crippen LogP contribution in [0.3, 0.4) is 0 Å². The van der Waals surface area contributed by atoms with E-state index in [0.29, 0.717) is 22.8 Å². The standard InChI is InChI=1S/C28H29FN6O2/c1-19-12-22(14-23(13-19)35-10-4-3-5-11-35)33-28(36)32-21-6-7-27(25(29)15-21)37-24-8-9-30-26(16-24)20-17-31-34(2)18-20/h6-9,12-18H,3-5,10-11H2,1-2H3,(H2,32,33,36). The maximum absolute atomic E-state index is 14.8. The summed E-state index contributed by atoms with van der Waals surface area (Å²) >= 11 is 0. The van der Waals surface area contributed by atoms with E-state index in [0.717, 1.165) is 29.9 Å². The molecule has 9 heteroatoms. The van der Waals surface area contributed by atoms with E-state index >= 15 is 0 Å². The van der Waals surface area contributed by atoms with Crippen molar-refractivity contribution in [2.75, 3.05) is 28.6 Å². The van der Waals surface area contributed by atoms with E-state index in [-0.39, 0.29) is 5.75 Å². The summed E-state index contributed by atoms with van der Waals surface area (Å²) in [6.45, 7) is 4.05. The van der Waals surface area contributed by atoms with Crippen molar-refractivity contribution < 1.29 is 13.9 Å². The minimum absolute atomic E-state index is 0.0409. The molecule has 8 nitrogen and oxygen atoms in total. The minimum atomic E-state index is -0.597. The van der Waals surface area contributed by atoms with Crippen molar-refractivity contribution in [2.24, 2.45) is 7.05 Å². The quantitative estimate of drug-likeness (QED) is 0.322. The molecule has 2 amide bonds. The number of rotatable bonds is 6. The second kappa shape index (κ2) is 10.7. The minimum Gasteiger partial charge on any atom is -0.454 e. The Kier molecular flexibility index (Phi) is 7.02. The van der Waals surface area contributed by atoms with Gasteiger partial charge in [-0.2, -0.15) is 5.10 Å². The van der Waals surface area contributed by atoms with Crippen LogP contribution in [0.5, 0.6) is 11.5 Å². The second-order valence-corrected chi connectivity index (χ2v) is 9.21. The maximum atomic E-state index is 14.8. The monoisotopic (exact) mass is 500 g/mol. The van der Waals surface area contributed by atoms with E-state index in [1.165, 1.54) is 31.4 Å². The molecule has 0 atom stereocenters. The van der Waals surface area contributed by atoms with Gasteiger partial charge in [-0.15, -0.1) is 0 Å². The SMILES string of the molecule is Cc1cc(NC(=O)Nc2ccc(Oc3ccnc(-c4cnn(C)c4)c3)c(F)c2)cc(N2CCCCC2)c1. The number of hydrogen-bond acceptors (Lipinski definition) is 5. The van der Waals surface area contributed by atoms with E-state index < -0.39 is 11.8 Å². The fourth-order valence-corrected chi connectivity index (χ4v) is 4.44. The van der Waals surface area contributed by atoms with Crippen LogP contribution in [-0.4, -0.2) is 33.9 Å². The number of ether oxygens (including phenoxy) is 1. The van der Waals surface area contributed by atoms with Crippen LogP contribution in [0.1, 0.15) is 24.8 Å². The Labute approximate surface area is 215 Å². The van der Waals surface area contributed by atoms with Gasteiger partial charge >= 0.3 is 6.03 Å². The molecule has 0 radical (unpaired) electrons. The fraction of sp³-hybridized carbons (Fsp3) is 0.250. The first kappa shape index (κ1) is 24.3. The number of piperidine rings is 1. The first-order chi connectivity index (χ1) is 17.9. The zero-order chi connectivity index (χ0) is 25.8. The molecule has 1 aliphatic heterocycles. The molecule has 1 saturated heterocycles. The number of hydrogen-bond donors (Lipinski definition) is 2. The third kappa shape index (κ3) is 6.06. The predicted molar refractivity (Wildman–Crippen MR) is 143 cm³/mol. The van der Waals surface area contributed by atoms with Crippen LogP contribution in [0.15, 0.2) is 67.1 Å². The van der Waals surface area contributed by atoms with Gasteiger partial charge in [-0.3, -0.25) is 9.67 Å². The highest BCUT2D eigenvalue weighted by molar-refractivity contribution is 6.00. The number of urea groups is 1. The first-order valence-corrected chi connectivity index (χ1v) is 12.3. The summed E-state index contributed by atoms with van der Waals surface area (Å²) in [6, 6.07) is 13.3. The lowest BCUT2D eigenvalue weighted by Gasteiger charge is -2.29. The summed E-state index contributed by atoms with van der Waals surface area (Å²) < 4.78 is 22.2. The van der Waals surface area contributed by atoms with Crippen molar-refractivity contribution in [3.63, 3.8) is 0 Å². The van der Waals surface area contributed by atoms with Crippen LogP contribution in [0.4, 0.5) is 26.2 Å². The van der Waals surface area contributed by atoms with Gasteiger partial charge in [-0.25, -0.2) is 9.18 Å². The van der Waals surface area contributed by atoms with Gasteiger partial charge in [0, 0.05) is 67.3 Å².